The Morgan fingerprint density at radius 1 is 1.14 bits per heavy atom. The molecule has 3 N–H and O–H groups in total. The van der Waals surface area contributed by atoms with Gasteiger partial charge in [0, 0.05) is 25.1 Å². The lowest BCUT2D eigenvalue weighted by molar-refractivity contribution is 0.128. The van der Waals surface area contributed by atoms with Gasteiger partial charge in [0.2, 0.25) is 5.75 Å². The van der Waals surface area contributed by atoms with Gasteiger partial charge in [-0.25, -0.2) is 0 Å². The Kier molecular flexibility index (Phi) is 5.31. The fourth-order valence-corrected chi connectivity index (χ4v) is 3.04. The maximum absolute atomic E-state index is 9.89. The minimum Gasteiger partial charge on any atom is -0.502 e. The van der Waals surface area contributed by atoms with Crippen molar-refractivity contribution in [3.05, 3.63) is 17.7 Å². The summed E-state index contributed by atoms with van der Waals surface area (Å²) in [5.41, 5.74) is 1.01. The second kappa shape index (κ2) is 7.00. The third kappa shape index (κ3) is 3.60. The summed E-state index contributed by atoms with van der Waals surface area (Å²) in [6, 6.07) is 3.59. The molecule has 0 bridgehead atoms. The van der Waals surface area contributed by atoms with Crippen LogP contribution in [0.1, 0.15) is 31.2 Å². The monoisotopic (exact) mass is 295 g/mol. The molecule has 5 heteroatoms. The molecule has 1 aromatic carbocycles. The number of rotatable bonds is 7. The van der Waals surface area contributed by atoms with Crippen molar-refractivity contribution >= 4 is 0 Å². The Balaban J connectivity index is 1.99. The summed E-state index contributed by atoms with van der Waals surface area (Å²) in [7, 11) is 3.04. The van der Waals surface area contributed by atoms with Crippen LogP contribution in [0, 0.1) is 5.41 Å². The molecule has 21 heavy (non-hydrogen) atoms. The van der Waals surface area contributed by atoms with Gasteiger partial charge in [0.05, 0.1) is 14.2 Å². The van der Waals surface area contributed by atoms with Gasteiger partial charge in [-0.2, -0.15) is 0 Å². The molecule has 0 atom stereocenters. The predicted octanol–water partition coefficient (Wildman–Crippen LogP) is 2.05. The van der Waals surface area contributed by atoms with Crippen LogP contribution in [0.3, 0.4) is 0 Å². The van der Waals surface area contributed by atoms with Crippen LogP contribution >= 0.6 is 0 Å². The number of hydrogen-bond donors (Lipinski definition) is 3. The molecular formula is C16H25NO4. The largest absolute Gasteiger partial charge is 0.502 e. The van der Waals surface area contributed by atoms with E-state index >= 15 is 0 Å². The number of ether oxygens (including phenoxy) is 2. The van der Waals surface area contributed by atoms with Crippen LogP contribution in [0.15, 0.2) is 12.1 Å². The topological polar surface area (TPSA) is 71.0 Å². The molecule has 0 aromatic heterocycles. The van der Waals surface area contributed by atoms with Gasteiger partial charge in [0.25, 0.3) is 0 Å². The zero-order valence-corrected chi connectivity index (χ0v) is 12.8. The van der Waals surface area contributed by atoms with E-state index in [1.54, 1.807) is 12.1 Å². The van der Waals surface area contributed by atoms with E-state index in [9.17, 15) is 10.2 Å². The number of benzene rings is 1. The molecular weight excluding hydrogens is 270 g/mol. The van der Waals surface area contributed by atoms with Gasteiger partial charge in [-0.05, 0) is 30.5 Å². The number of methoxy groups -OCH3 is 2. The smallest absolute Gasteiger partial charge is 0.200 e. The maximum Gasteiger partial charge on any atom is 0.200 e. The predicted molar refractivity (Wildman–Crippen MR) is 80.9 cm³/mol. The second-order valence-electron chi connectivity index (χ2n) is 5.82. The van der Waals surface area contributed by atoms with Gasteiger partial charge in [0.1, 0.15) is 0 Å². The summed E-state index contributed by atoms with van der Waals surface area (Å²) in [4.78, 5) is 0. The van der Waals surface area contributed by atoms with E-state index in [1.807, 2.05) is 0 Å². The summed E-state index contributed by atoms with van der Waals surface area (Å²) >= 11 is 0. The summed E-state index contributed by atoms with van der Waals surface area (Å²) in [5.74, 6) is 0.833. The first kappa shape index (κ1) is 15.9. The van der Waals surface area contributed by atoms with Gasteiger partial charge >= 0.3 is 0 Å². The number of phenols is 1. The number of aliphatic hydroxyl groups excluding tert-OH is 1. The lowest BCUT2D eigenvalue weighted by Crippen LogP contribution is -2.34. The highest BCUT2D eigenvalue weighted by molar-refractivity contribution is 5.52. The van der Waals surface area contributed by atoms with Crippen LogP contribution in [-0.4, -0.2) is 37.6 Å². The van der Waals surface area contributed by atoms with E-state index in [1.165, 1.54) is 27.1 Å². The van der Waals surface area contributed by atoms with E-state index in [0.29, 0.717) is 18.0 Å². The van der Waals surface area contributed by atoms with Crippen molar-refractivity contribution in [3.8, 4) is 17.2 Å². The lowest BCUT2D eigenvalue weighted by Gasteiger charge is -2.26. The van der Waals surface area contributed by atoms with Crippen LogP contribution in [0.4, 0.5) is 0 Å². The standard InChI is InChI=1S/C16H25NO4/c1-20-13-7-12(8-14(21-2)15(13)19)9-17-10-16(11-18)5-3-4-6-16/h7-8,17-19H,3-6,9-11H2,1-2H3. The van der Waals surface area contributed by atoms with Crippen molar-refractivity contribution < 1.29 is 19.7 Å². The van der Waals surface area contributed by atoms with Crippen LogP contribution in [0.5, 0.6) is 17.2 Å². The molecule has 1 aliphatic rings. The number of aromatic hydroxyl groups is 1. The first-order valence-electron chi connectivity index (χ1n) is 7.39. The minimum atomic E-state index is 0.0198. The Labute approximate surface area is 125 Å². The first-order chi connectivity index (χ1) is 10.1. The zero-order chi connectivity index (χ0) is 15.3. The van der Waals surface area contributed by atoms with Crippen molar-refractivity contribution in [2.75, 3.05) is 27.4 Å². The molecule has 0 amide bonds. The average Bonchev–Trinajstić information content (AvgIpc) is 2.98. The normalized spacial score (nSPS) is 16.9. The zero-order valence-electron chi connectivity index (χ0n) is 12.8. The van der Waals surface area contributed by atoms with Crippen LogP contribution in [0.25, 0.3) is 0 Å². The van der Waals surface area contributed by atoms with Gasteiger partial charge in [-0.1, -0.05) is 12.8 Å². The second-order valence-corrected chi connectivity index (χ2v) is 5.82. The van der Waals surface area contributed by atoms with Crippen LogP contribution in [0.2, 0.25) is 0 Å². The molecule has 1 fully saturated rings. The lowest BCUT2D eigenvalue weighted by atomic mass is 9.87. The van der Waals surface area contributed by atoms with Crippen LogP contribution < -0.4 is 14.8 Å². The number of nitrogens with one attached hydrogen (secondary N) is 1. The SMILES string of the molecule is COc1cc(CNCC2(CO)CCCC2)cc(OC)c1O. The van der Waals surface area contributed by atoms with Crippen molar-refractivity contribution in [1.29, 1.82) is 0 Å². The Bertz CT molecular complexity index is 444. The highest BCUT2D eigenvalue weighted by atomic mass is 16.5. The molecule has 0 heterocycles. The van der Waals surface area contributed by atoms with Crippen molar-refractivity contribution in [3.63, 3.8) is 0 Å². The number of phenolic OH excluding ortho intramolecular Hbond substituents is 1. The van der Waals surface area contributed by atoms with Crippen molar-refractivity contribution in [2.45, 2.75) is 32.2 Å². The average molecular weight is 295 g/mol. The Morgan fingerprint density at radius 3 is 2.19 bits per heavy atom. The summed E-state index contributed by atoms with van der Waals surface area (Å²) in [6.45, 7) is 1.69. The van der Waals surface area contributed by atoms with Gasteiger partial charge in [-0.15, -0.1) is 0 Å². The fourth-order valence-electron chi connectivity index (χ4n) is 3.04. The van der Waals surface area contributed by atoms with Crippen molar-refractivity contribution in [1.82, 2.24) is 5.32 Å². The molecule has 1 aromatic rings. The number of aliphatic hydroxyl groups is 1. The molecule has 1 saturated carbocycles. The van der Waals surface area contributed by atoms with Gasteiger partial charge in [-0.3, -0.25) is 0 Å². The first-order valence-corrected chi connectivity index (χ1v) is 7.39. The van der Waals surface area contributed by atoms with Gasteiger partial charge in [0.15, 0.2) is 11.5 Å². The van der Waals surface area contributed by atoms with Gasteiger partial charge < -0.3 is 25.0 Å². The molecule has 0 saturated heterocycles. The van der Waals surface area contributed by atoms with E-state index in [4.69, 9.17) is 9.47 Å². The number of hydrogen-bond acceptors (Lipinski definition) is 5. The van der Waals surface area contributed by atoms with E-state index in [0.717, 1.165) is 24.9 Å². The van der Waals surface area contributed by atoms with Crippen LogP contribution in [-0.2, 0) is 6.54 Å². The summed E-state index contributed by atoms with van der Waals surface area (Å²) in [6.07, 6.45) is 4.56. The maximum atomic E-state index is 9.89. The molecule has 0 aliphatic heterocycles. The molecule has 118 valence electrons. The van der Waals surface area contributed by atoms with E-state index in [-0.39, 0.29) is 17.8 Å². The summed E-state index contributed by atoms with van der Waals surface area (Å²) < 4.78 is 10.3. The molecule has 0 spiro atoms. The van der Waals surface area contributed by atoms with Crippen molar-refractivity contribution in [2.24, 2.45) is 5.41 Å². The third-order valence-electron chi connectivity index (χ3n) is 4.37. The Hall–Kier alpha value is -1.46. The van der Waals surface area contributed by atoms with E-state index in [2.05, 4.69) is 5.32 Å². The minimum absolute atomic E-state index is 0.0198. The molecule has 1 aliphatic carbocycles. The third-order valence-corrected chi connectivity index (χ3v) is 4.37. The highest BCUT2D eigenvalue weighted by Gasteiger charge is 2.32. The molecule has 5 nitrogen and oxygen atoms in total. The molecule has 0 radical (unpaired) electrons. The van der Waals surface area contributed by atoms with E-state index < -0.39 is 0 Å². The molecule has 2 rings (SSSR count). The fraction of sp³-hybridized carbons (Fsp3) is 0.625. The highest BCUT2D eigenvalue weighted by Crippen LogP contribution is 2.38. The Morgan fingerprint density at radius 2 is 1.71 bits per heavy atom. The molecule has 0 unspecified atom stereocenters. The summed E-state index contributed by atoms with van der Waals surface area (Å²) in [5, 5.41) is 22.9. The quantitative estimate of drug-likeness (QED) is 0.718.